The van der Waals surface area contributed by atoms with E-state index in [1.807, 2.05) is 5.32 Å². The molecule has 1 aromatic rings. The number of methoxy groups -OCH3 is 1. The number of nitrogens with one attached hydrogen (secondary N) is 3. The molecule has 0 saturated carbocycles. The number of urea groups is 1. The fraction of sp³-hybridized carbons (Fsp3) is 0.111. The van der Waals surface area contributed by atoms with Crippen LogP contribution in [0.5, 0.6) is 5.75 Å². The van der Waals surface area contributed by atoms with Crippen LogP contribution < -0.4 is 21.1 Å². The van der Waals surface area contributed by atoms with Crippen LogP contribution in [0.1, 0.15) is 0 Å². The van der Waals surface area contributed by atoms with Gasteiger partial charge in [-0.1, -0.05) is 0 Å². The highest BCUT2D eigenvalue weighted by Crippen LogP contribution is 2.28. The van der Waals surface area contributed by atoms with Crippen molar-refractivity contribution in [2.45, 2.75) is 0 Å². The number of carbonyl (C=O) groups excluding carboxylic acids is 1. The highest BCUT2D eigenvalue weighted by molar-refractivity contribution is 6.02. The molecule has 0 aromatic heterocycles. The minimum absolute atomic E-state index is 0.146. The number of hydrogen-bond donors (Lipinski definition) is 4. The molecule has 0 atom stereocenters. The third-order valence-electron chi connectivity index (χ3n) is 1.90. The zero-order chi connectivity index (χ0) is 13.7. The molecule has 1 rings (SSSR count). The molecule has 0 fully saturated rings. The maximum absolute atomic E-state index is 10.6. The first-order valence-electron chi connectivity index (χ1n) is 4.68. The number of nitrogens with two attached hydrogens (primary N) is 1. The van der Waals surface area contributed by atoms with E-state index in [-0.39, 0.29) is 17.4 Å². The van der Waals surface area contributed by atoms with Gasteiger partial charge in [-0.15, -0.1) is 0 Å². The number of amides is 2. The molecule has 0 unspecified atom stereocenters. The van der Waals surface area contributed by atoms with Gasteiger partial charge in [0.1, 0.15) is 5.75 Å². The number of hydrogen-bond acceptors (Lipinski definition) is 5. The Morgan fingerprint density at radius 2 is 2.22 bits per heavy atom. The number of anilines is 1. The predicted octanol–water partition coefficient (Wildman–Crippen LogP) is 0.618. The SMILES string of the molecule is COc1cc([N+](=O)[O-])ccc1NC(=N)NC(N)=O. The van der Waals surface area contributed by atoms with Crippen molar-refractivity contribution in [2.24, 2.45) is 5.73 Å². The van der Waals surface area contributed by atoms with E-state index in [0.29, 0.717) is 5.69 Å². The Labute approximate surface area is 102 Å². The second-order valence-corrected chi connectivity index (χ2v) is 3.13. The van der Waals surface area contributed by atoms with Crippen LogP contribution in [0.3, 0.4) is 0 Å². The molecule has 0 aliphatic rings. The van der Waals surface area contributed by atoms with Crippen molar-refractivity contribution < 1.29 is 14.5 Å². The van der Waals surface area contributed by atoms with Crippen molar-refractivity contribution in [3.05, 3.63) is 28.3 Å². The standard InChI is InChI=1S/C9H11N5O4/c1-18-7-4-5(14(16)17)2-3-6(7)12-8(10)13-9(11)15/h2-4H,1H3,(H5,10,11,12,13,15). The molecule has 9 nitrogen and oxygen atoms in total. The van der Waals surface area contributed by atoms with Crippen LogP contribution in [0.4, 0.5) is 16.2 Å². The lowest BCUT2D eigenvalue weighted by Crippen LogP contribution is -2.38. The molecule has 18 heavy (non-hydrogen) atoms. The Bertz CT molecular complexity index is 502. The van der Waals surface area contributed by atoms with E-state index in [2.05, 4.69) is 5.32 Å². The van der Waals surface area contributed by atoms with Gasteiger partial charge >= 0.3 is 6.03 Å². The minimum atomic E-state index is -0.895. The Kier molecular flexibility index (Phi) is 4.02. The number of nitrogens with zero attached hydrogens (tertiary/aromatic N) is 1. The highest BCUT2D eigenvalue weighted by atomic mass is 16.6. The van der Waals surface area contributed by atoms with Crippen LogP contribution in [0, 0.1) is 15.5 Å². The van der Waals surface area contributed by atoms with Gasteiger partial charge < -0.3 is 15.8 Å². The zero-order valence-corrected chi connectivity index (χ0v) is 9.39. The first kappa shape index (κ1) is 13.2. The summed E-state index contributed by atoms with van der Waals surface area (Å²) < 4.78 is 4.93. The average molecular weight is 253 g/mol. The molecule has 0 heterocycles. The summed E-state index contributed by atoms with van der Waals surface area (Å²) in [7, 11) is 1.33. The number of nitro benzene ring substituents is 1. The Balaban J connectivity index is 2.92. The zero-order valence-electron chi connectivity index (χ0n) is 9.39. The van der Waals surface area contributed by atoms with Gasteiger partial charge in [0.15, 0.2) is 0 Å². The third-order valence-corrected chi connectivity index (χ3v) is 1.90. The van der Waals surface area contributed by atoms with E-state index in [1.165, 1.54) is 25.3 Å². The maximum Gasteiger partial charge on any atom is 0.318 e. The molecular weight excluding hydrogens is 242 g/mol. The van der Waals surface area contributed by atoms with Gasteiger partial charge in [-0.05, 0) is 6.07 Å². The predicted molar refractivity (Wildman–Crippen MR) is 63.7 cm³/mol. The van der Waals surface area contributed by atoms with Gasteiger partial charge in [-0.2, -0.15) is 0 Å². The van der Waals surface area contributed by atoms with Crippen LogP contribution in [0.2, 0.25) is 0 Å². The van der Waals surface area contributed by atoms with Gasteiger partial charge in [0.05, 0.1) is 23.8 Å². The first-order valence-corrected chi connectivity index (χ1v) is 4.68. The molecule has 9 heteroatoms. The summed E-state index contributed by atoms with van der Waals surface area (Å²) in [5.74, 6) is -0.199. The van der Waals surface area contributed by atoms with Gasteiger partial charge in [0.2, 0.25) is 5.96 Å². The molecule has 2 amide bonds. The second kappa shape index (κ2) is 5.48. The topological polar surface area (TPSA) is 143 Å². The summed E-state index contributed by atoms with van der Waals surface area (Å²) in [6.45, 7) is 0. The van der Waals surface area contributed by atoms with Gasteiger partial charge in [0, 0.05) is 6.07 Å². The number of primary amides is 1. The molecule has 0 aliphatic carbocycles. The van der Waals surface area contributed by atoms with E-state index in [1.54, 1.807) is 0 Å². The van der Waals surface area contributed by atoms with Crippen molar-refractivity contribution in [3.8, 4) is 5.75 Å². The molecule has 0 saturated heterocycles. The molecule has 1 aromatic carbocycles. The van der Waals surface area contributed by atoms with Crippen LogP contribution in [-0.2, 0) is 0 Å². The van der Waals surface area contributed by atoms with E-state index >= 15 is 0 Å². The smallest absolute Gasteiger partial charge is 0.318 e. The maximum atomic E-state index is 10.6. The average Bonchev–Trinajstić information content (AvgIpc) is 2.27. The summed E-state index contributed by atoms with van der Waals surface area (Å²) in [6, 6.07) is 2.89. The normalized spacial score (nSPS) is 9.39. The van der Waals surface area contributed by atoms with Crippen molar-refractivity contribution in [3.63, 3.8) is 0 Å². The molecular formula is C9H11N5O4. The minimum Gasteiger partial charge on any atom is -0.494 e. The molecule has 0 aliphatic heterocycles. The van der Waals surface area contributed by atoms with Gasteiger partial charge in [-0.3, -0.25) is 20.8 Å². The summed E-state index contributed by atoms with van der Waals surface area (Å²) in [4.78, 5) is 20.5. The summed E-state index contributed by atoms with van der Waals surface area (Å²) in [6.07, 6.45) is 0. The molecule has 5 N–H and O–H groups in total. The van der Waals surface area contributed by atoms with Gasteiger partial charge in [0.25, 0.3) is 5.69 Å². The van der Waals surface area contributed by atoms with Crippen molar-refractivity contribution in [2.75, 3.05) is 12.4 Å². The van der Waals surface area contributed by atoms with E-state index < -0.39 is 11.0 Å². The third kappa shape index (κ3) is 3.33. The Hall–Kier alpha value is -2.84. The van der Waals surface area contributed by atoms with Crippen LogP contribution >= 0.6 is 0 Å². The number of guanidine groups is 1. The lowest BCUT2D eigenvalue weighted by atomic mass is 10.2. The second-order valence-electron chi connectivity index (χ2n) is 3.13. The van der Waals surface area contributed by atoms with Crippen LogP contribution in [0.25, 0.3) is 0 Å². The first-order chi connectivity index (χ1) is 8.43. The number of nitro groups is 1. The summed E-state index contributed by atoms with van der Waals surface area (Å²) in [5.41, 5.74) is 4.98. The van der Waals surface area contributed by atoms with E-state index in [4.69, 9.17) is 15.9 Å². The quantitative estimate of drug-likeness (QED) is 0.270. The van der Waals surface area contributed by atoms with Crippen molar-refractivity contribution in [1.82, 2.24) is 5.32 Å². The molecule has 96 valence electrons. The summed E-state index contributed by atoms with van der Waals surface area (Å²) in [5, 5.41) is 22.4. The number of non-ortho nitro benzene ring substituents is 1. The highest BCUT2D eigenvalue weighted by Gasteiger charge is 2.12. The Morgan fingerprint density at radius 3 is 2.72 bits per heavy atom. The fourth-order valence-electron chi connectivity index (χ4n) is 1.19. The van der Waals surface area contributed by atoms with E-state index in [0.717, 1.165) is 0 Å². The number of ether oxygens (including phenoxy) is 1. The van der Waals surface area contributed by atoms with Crippen molar-refractivity contribution in [1.29, 1.82) is 5.41 Å². The monoisotopic (exact) mass is 253 g/mol. The largest absolute Gasteiger partial charge is 0.494 e. The molecule has 0 spiro atoms. The summed E-state index contributed by atoms with van der Waals surface area (Å²) >= 11 is 0. The van der Waals surface area contributed by atoms with Crippen molar-refractivity contribution >= 4 is 23.4 Å². The molecule has 0 radical (unpaired) electrons. The lowest BCUT2D eigenvalue weighted by molar-refractivity contribution is -0.384. The number of carbonyl (C=O) groups is 1. The van der Waals surface area contributed by atoms with Crippen LogP contribution in [-0.4, -0.2) is 24.0 Å². The fourth-order valence-corrected chi connectivity index (χ4v) is 1.19. The van der Waals surface area contributed by atoms with E-state index in [9.17, 15) is 14.9 Å². The number of rotatable bonds is 3. The van der Waals surface area contributed by atoms with Crippen LogP contribution in [0.15, 0.2) is 18.2 Å². The lowest BCUT2D eigenvalue weighted by Gasteiger charge is -2.11. The van der Waals surface area contributed by atoms with Gasteiger partial charge in [-0.25, -0.2) is 4.79 Å². The molecule has 0 bridgehead atoms. The Morgan fingerprint density at radius 1 is 1.56 bits per heavy atom. The number of benzene rings is 1.